The van der Waals surface area contributed by atoms with Crippen molar-refractivity contribution in [3.05, 3.63) is 89.5 Å². The van der Waals surface area contributed by atoms with E-state index in [1.165, 1.54) is 0 Å². The smallest absolute Gasteiger partial charge is 0.343 e. The van der Waals surface area contributed by atoms with Gasteiger partial charge in [0.05, 0.1) is 30.0 Å². The first-order valence-corrected chi connectivity index (χ1v) is 8.18. The van der Waals surface area contributed by atoms with E-state index in [2.05, 4.69) is 11.1 Å². The quantitative estimate of drug-likeness (QED) is 0.382. The minimum Gasteiger partial charge on any atom is -0.497 e. The van der Waals surface area contributed by atoms with Crippen molar-refractivity contribution >= 4 is 17.9 Å². The largest absolute Gasteiger partial charge is 0.497 e. The Morgan fingerprint density at radius 2 is 1.56 bits per heavy atom. The van der Waals surface area contributed by atoms with E-state index in [4.69, 9.17) is 14.7 Å². The lowest BCUT2D eigenvalue weighted by Crippen LogP contribution is -2.08. The number of aliphatic imine (C=N–C) groups is 1. The summed E-state index contributed by atoms with van der Waals surface area (Å²) in [6.45, 7) is 0. The van der Waals surface area contributed by atoms with E-state index in [1.807, 2.05) is 12.1 Å². The molecule has 0 atom stereocenters. The molecule has 3 aromatic carbocycles. The van der Waals surface area contributed by atoms with Gasteiger partial charge in [-0.25, -0.2) is 4.79 Å². The second-order valence-corrected chi connectivity index (χ2v) is 5.60. The molecule has 27 heavy (non-hydrogen) atoms. The SMILES string of the molecule is COc1ccc(C(=O)Oc2ccc(C=Nc3ccc(C#N)cc3)cc2)cc1. The lowest BCUT2D eigenvalue weighted by atomic mass is 10.2. The summed E-state index contributed by atoms with van der Waals surface area (Å²) in [6.07, 6.45) is 1.70. The number of benzene rings is 3. The van der Waals surface area contributed by atoms with Crippen LogP contribution >= 0.6 is 0 Å². The van der Waals surface area contributed by atoms with Crippen LogP contribution in [-0.4, -0.2) is 19.3 Å². The van der Waals surface area contributed by atoms with Gasteiger partial charge in [-0.1, -0.05) is 0 Å². The zero-order valence-electron chi connectivity index (χ0n) is 14.6. The highest BCUT2D eigenvalue weighted by Gasteiger charge is 2.08. The predicted octanol–water partition coefficient (Wildman–Crippen LogP) is 4.54. The summed E-state index contributed by atoms with van der Waals surface area (Å²) in [5, 5.41) is 8.79. The van der Waals surface area contributed by atoms with Gasteiger partial charge < -0.3 is 9.47 Å². The number of hydrogen-bond acceptors (Lipinski definition) is 5. The molecule has 0 aromatic heterocycles. The Morgan fingerprint density at radius 1 is 0.926 bits per heavy atom. The van der Waals surface area contributed by atoms with Gasteiger partial charge in [0.25, 0.3) is 0 Å². The van der Waals surface area contributed by atoms with Crippen molar-refractivity contribution in [2.24, 2.45) is 4.99 Å². The highest BCUT2D eigenvalue weighted by molar-refractivity contribution is 5.91. The van der Waals surface area contributed by atoms with Crippen molar-refractivity contribution in [3.63, 3.8) is 0 Å². The molecule has 3 rings (SSSR count). The van der Waals surface area contributed by atoms with Crippen LogP contribution < -0.4 is 9.47 Å². The Bertz CT molecular complexity index is 984. The number of esters is 1. The first kappa shape index (κ1) is 17.9. The zero-order valence-corrected chi connectivity index (χ0v) is 14.6. The maximum absolute atomic E-state index is 12.1. The van der Waals surface area contributed by atoms with Crippen LogP contribution in [0.5, 0.6) is 11.5 Å². The Balaban J connectivity index is 1.63. The van der Waals surface area contributed by atoms with Crippen LogP contribution in [0.25, 0.3) is 0 Å². The van der Waals surface area contributed by atoms with Crippen LogP contribution in [0.4, 0.5) is 5.69 Å². The van der Waals surface area contributed by atoms with Gasteiger partial charge in [-0.05, 0) is 78.4 Å². The molecule has 5 nitrogen and oxygen atoms in total. The summed E-state index contributed by atoms with van der Waals surface area (Å²) in [5.41, 5.74) is 2.66. The molecule has 0 saturated heterocycles. The molecule has 0 saturated carbocycles. The maximum Gasteiger partial charge on any atom is 0.343 e. The Hall–Kier alpha value is -3.91. The molecule has 3 aromatic rings. The summed E-state index contributed by atoms with van der Waals surface area (Å²) in [7, 11) is 1.57. The van der Waals surface area contributed by atoms with Crippen molar-refractivity contribution in [1.82, 2.24) is 0 Å². The standard InChI is InChI=1S/C22H16N2O3/c1-26-20-12-6-18(7-13-20)22(25)27-21-10-4-17(5-11-21)15-24-19-8-2-16(14-23)3-9-19/h2-13,15H,1H3. The van der Waals surface area contributed by atoms with E-state index in [0.717, 1.165) is 11.3 Å². The second kappa shape index (κ2) is 8.45. The minimum absolute atomic E-state index is 0.434. The zero-order chi connectivity index (χ0) is 19.1. The van der Waals surface area contributed by atoms with Gasteiger partial charge in [0.2, 0.25) is 0 Å². The van der Waals surface area contributed by atoms with E-state index < -0.39 is 5.97 Å². The van der Waals surface area contributed by atoms with Gasteiger partial charge in [-0.3, -0.25) is 4.99 Å². The number of methoxy groups -OCH3 is 1. The van der Waals surface area contributed by atoms with Crippen molar-refractivity contribution < 1.29 is 14.3 Å². The molecule has 0 amide bonds. The number of carbonyl (C=O) groups excluding carboxylic acids is 1. The lowest BCUT2D eigenvalue weighted by Gasteiger charge is -2.05. The number of hydrogen-bond donors (Lipinski definition) is 0. The molecule has 0 aliphatic rings. The third-order valence-corrected chi connectivity index (χ3v) is 3.78. The molecule has 0 radical (unpaired) electrons. The summed E-state index contributed by atoms with van der Waals surface area (Å²) < 4.78 is 10.4. The van der Waals surface area contributed by atoms with Crippen LogP contribution in [0.15, 0.2) is 77.8 Å². The fourth-order valence-corrected chi connectivity index (χ4v) is 2.29. The highest BCUT2D eigenvalue weighted by Crippen LogP contribution is 2.17. The monoisotopic (exact) mass is 356 g/mol. The topological polar surface area (TPSA) is 71.7 Å². The first-order chi connectivity index (χ1) is 13.2. The Kier molecular flexibility index (Phi) is 5.60. The van der Waals surface area contributed by atoms with E-state index in [9.17, 15) is 4.79 Å². The number of rotatable bonds is 5. The van der Waals surface area contributed by atoms with E-state index in [1.54, 1.807) is 74.0 Å². The van der Waals surface area contributed by atoms with Crippen LogP contribution in [0, 0.1) is 11.3 Å². The average molecular weight is 356 g/mol. The normalized spacial score (nSPS) is 10.4. The van der Waals surface area contributed by atoms with E-state index >= 15 is 0 Å². The van der Waals surface area contributed by atoms with E-state index in [-0.39, 0.29) is 0 Å². The van der Waals surface area contributed by atoms with Gasteiger partial charge in [0.1, 0.15) is 11.5 Å². The molecular formula is C22H16N2O3. The van der Waals surface area contributed by atoms with Crippen LogP contribution in [-0.2, 0) is 0 Å². The molecule has 0 bridgehead atoms. The Labute approximate surface area is 157 Å². The molecule has 0 N–H and O–H groups in total. The van der Waals surface area contributed by atoms with Gasteiger partial charge in [0.15, 0.2) is 0 Å². The molecule has 0 aliphatic heterocycles. The van der Waals surface area contributed by atoms with Crippen molar-refractivity contribution in [2.45, 2.75) is 0 Å². The fourth-order valence-electron chi connectivity index (χ4n) is 2.29. The Morgan fingerprint density at radius 3 is 2.15 bits per heavy atom. The van der Waals surface area contributed by atoms with Gasteiger partial charge in [-0.15, -0.1) is 0 Å². The number of nitriles is 1. The second-order valence-electron chi connectivity index (χ2n) is 5.60. The molecule has 0 heterocycles. The number of nitrogens with zero attached hydrogens (tertiary/aromatic N) is 2. The molecule has 0 spiro atoms. The molecule has 0 unspecified atom stereocenters. The molecule has 0 fully saturated rings. The average Bonchev–Trinajstić information content (AvgIpc) is 2.73. The van der Waals surface area contributed by atoms with Crippen molar-refractivity contribution in [3.8, 4) is 17.6 Å². The summed E-state index contributed by atoms with van der Waals surface area (Å²) in [4.78, 5) is 16.5. The third-order valence-electron chi connectivity index (χ3n) is 3.78. The molecule has 0 aliphatic carbocycles. The minimum atomic E-state index is -0.434. The lowest BCUT2D eigenvalue weighted by molar-refractivity contribution is 0.0734. The number of ether oxygens (including phenoxy) is 2. The van der Waals surface area contributed by atoms with Gasteiger partial charge in [0, 0.05) is 6.21 Å². The highest BCUT2D eigenvalue weighted by atomic mass is 16.5. The van der Waals surface area contributed by atoms with Gasteiger partial charge >= 0.3 is 5.97 Å². The summed E-state index contributed by atoms with van der Waals surface area (Å²) in [5.74, 6) is 0.695. The predicted molar refractivity (Wildman–Crippen MR) is 103 cm³/mol. The number of carbonyl (C=O) groups is 1. The van der Waals surface area contributed by atoms with Crippen molar-refractivity contribution in [1.29, 1.82) is 5.26 Å². The van der Waals surface area contributed by atoms with Crippen LogP contribution in [0.2, 0.25) is 0 Å². The van der Waals surface area contributed by atoms with Crippen LogP contribution in [0.1, 0.15) is 21.5 Å². The van der Waals surface area contributed by atoms with E-state index in [0.29, 0.717) is 22.6 Å². The maximum atomic E-state index is 12.1. The summed E-state index contributed by atoms with van der Waals surface area (Å²) in [6, 6.07) is 22.8. The first-order valence-electron chi connectivity index (χ1n) is 8.18. The fraction of sp³-hybridized carbons (Fsp3) is 0.0455. The molecule has 5 heteroatoms. The summed E-state index contributed by atoms with van der Waals surface area (Å²) >= 11 is 0. The van der Waals surface area contributed by atoms with Gasteiger partial charge in [-0.2, -0.15) is 5.26 Å². The molecule has 132 valence electrons. The third kappa shape index (κ3) is 4.80. The van der Waals surface area contributed by atoms with Crippen molar-refractivity contribution in [2.75, 3.05) is 7.11 Å². The van der Waals surface area contributed by atoms with Crippen LogP contribution in [0.3, 0.4) is 0 Å². The molecular weight excluding hydrogens is 340 g/mol.